The molecule has 2 aliphatic rings. The van der Waals surface area contributed by atoms with E-state index in [0.717, 1.165) is 23.4 Å². The van der Waals surface area contributed by atoms with Crippen molar-refractivity contribution in [3.05, 3.63) is 21.9 Å². The molecule has 2 amide bonds. The molecule has 0 spiro atoms. The van der Waals surface area contributed by atoms with Crippen LogP contribution in [0.25, 0.3) is 0 Å². The van der Waals surface area contributed by atoms with E-state index in [4.69, 9.17) is 0 Å². The number of hydrogen-bond donors (Lipinski definition) is 1. The molecule has 1 N–H and O–H groups in total. The van der Waals surface area contributed by atoms with E-state index in [1.54, 1.807) is 16.2 Å². The second-order valence-corrected chi connectivity index (χ2v) is 6.75. The Hall–Kier alpha value is -1.56. The lowest BCUT2D eigenvalue weighted by Crippen LogP contribution is -2.50. The van der Waals surface area contributed by atoms with Gasteiger partial charge in [-0.1, -0.05) is 0 Å². The van der Waals surface area contributed by atoms with Crippen LogP contribution in [0.15, 0.2) is 11.4 Å². The van der Waals surface area contributed by atoms with Gasteiger partial charge in [-0.15, -0.1) is 11.3 Å². The molecule has 0 bridgehead atoms. The molecule has 1 aromatic rings. The molecule has 1 aromatic heterocycles. The van der Waals surface area contributed by atoms with Crippen molar-refractivity contribution < 1.29 is 14.7 Å². The lowest BCUT2D eigenvalue weighted by Gasteiger charge is -2.36. The molecular weight excluding hydrogens is 288 g/mol. The van der Waals surface area contributed by atoms with Gasteiger partial charge in [0.2, 0.25) is 0 Å². The van der Waals surface area contributed by atoms with Crippen LogP contribution >= 0.6 is 11.3 Å². The lowest BCUT2D eigenvalue weighted by atomic mass is 10.0. The molecule has 2 heterocycles. The van der Waals surface area contributed by atoms with E-state index in [9.17, 15) is 14.7 Å². The van der Waals surface area contributed by atoms with Crippen molar-refractivity contribution in [3.8, 4) is 0 Å². The minimum absolute atomic E-state index is 0.131. The molecule has 1 saturated carbocycles. The predicted octanol–water partition coefficient (Wildman–Crippen LogP) is 2.58. The van der Waals surface area contributed by atoms with Crippen molar-refractivity contribution in [1.82, 2.24) is 9.80 Å². The summed E-state index contributed by atoms with van der Waals surface area (Å²) in [6.45, 7) is 3.84. The third-order valence-corrected chi connectivity index (χ3v) is 5.27. The Labute approximate surface area is 128 Å². The largest absolute Gasteiger partial charge is 0.479 e. The maximum atomic E-state index is 12.7. The van der Waals surface area contributed by atoms with E-state index in [1.165, 1.54) is 17.7 Å². The van der Waals surface area contributed by atoms with Crippen LogP contribution in [0.3, 0.4) is 0 Å². The van der Waals surface area contributed by atoms with Gasteiger partial charge in [0.05, 0.1) is 0 Å². The van der Waals surface area contributed by atoms with E-state index in [0.29, 0.717) is 19.0 Å². The SMILES string of the molecule is CCN(CC1CC1)C(=O)N1CCc2sccc2C1C(=O)O. The summed E-state index contributed by atoms with van der Waals surface area (Å²) >= 11 is 1.58. The number of amides is 2. The number of rotatable bonds is 4. The number of carbonyl (C=O) groups is 2. The summed E-state index contributed by atoms with van der Waals surface area (Å²) in [5.74, 6) is -0.330. The summed E-state index contributed by atoms with van der Waals surface area (Å²) in [7, 11) is 0. The molecule has 3 rings (SSSR count). The highest BCUT2D eigenvalue weighted by Gasteiger charge is 2.39. The molecule has 1 aliphatic carbocycles. The Kier molecular flexibility index (Phi) is 3.89. The summed E-state index contributed by atoms with van der Waals surface area (Å²) in [5.41, 5.74) is 0.787. The van der Waals surface area contributed by atoms with Gasteiger partial charge in [-0.05, 0) is 49.1 Å². The van der Waals surface area contributed by atoms with Gasteiger partial charge >= 0.3 is 12.0 Å². The van der Waals surface area contributed by atoms with E-state index < -0.39 is 12.0 Å². The van der Waals surface area contributed by atoms with E-state index in [-0.39, 0.29) is 6.03 Å². The van der Waals surface area contributed by atoms with Gasteiger partial charge < -0.3 is 14.9 Å². The standard InChI is InChI=1S/C15H20N2O3S/c1-2-16(9-10-3-4-10)15(20)17-7-5-12-11(6-8-21-12)13(17)14(18)19/h6,8,10,13H,2-5,7,9H2,1H3,(H,18,19). The van der Waals surface area contributed by atoms with Crippen LogP contribution in [-0.2, 0) is 11.2 Å². The second kappa shape index (κ2) is 5.67. The van der Waals surface area contributed by atoms with Gasteiger partial charge in [-0.25, -0.2) is 9.59 Å². The first kappa shape index (κ1) is 14.4. The Morgan fingerprint density at radius 3 is 2.86 bits per heavy atom. The molecule has 1 fully saturated rings. The Bertz CT molecular complexity index is 553. The highest BCUT2D eigenvalue weighted by Crippen LogP contribution is 2.35. The van der Waals surface area contributed by atoms with Crippen molar-refractivity contribution in [2.24, 2.45) is 5.92 Å². The van der Waals surface area contributed by atoms with Crippen LogP contribution in [0.1, 0.15) is 36.2 Å². The van der Waals surface area contributed by atoms with Crippen LogP contribution in [0.4, 0.5) is 4.79 Å². The fourth-order valence-electron chi connectivity index (χ4n) is 2.92. The summed E-state index contributed by atoms with van der Waals surface area (Å²) in [4.78, 5) is 28.8. The molecule has 0 radical (unpaired) electrons. The fourth-order valence-corrected chi connectivity index (χ4v) is 3.83. The highest BCUT2D eigenvalue weighted by molar-refractivity contribution is 7.10. The summed E-state index contributed by atoms with van der Waals surface area (Å²) in [5, 5.41) is 11.5. The average molecular weight is 308 g/mol. The molecule has 1 unspecified atom stereocenters. The number of fused-ring (bicyclic) bond motifs is 1. The van der Waals surface area contributed by atoms with Crippen molar-refractivity contribution >= 4 is 23.3 Å². The first-order chi connectivity index (χ1) is 10.1. The van der Waals surface area contributed by atoms with Crippen LogP contribution in [0.2, 0.25) is 0 Å². The number of carboxylic acids is 1. The minimum Gasteiger partial charge on any atom is -0.479 e. The van der Waals surface area contributed by atoms with Gasteiger partial charge in [0, 0.05) is 24.5 Å². The zero-order valence-corrected chi connectivity index (χ0v) is 12.9. The van der Waals surface area contributed by atoms with Gasteiger partial charge in [-0.2, -0.15) is 0 Å². The van der Waals surface area contributed by atoms with Crippen LogP contribution in [0.5, 0.6) is 0 Å². The number of thiophene rings is 1. The summed E-state index contributed by atoms with van der Waals surface area (Å²) < 4.78 is 0. The smallest absolute Gasteiger partial charge is 0.331 e. The quantitative estimate of drug-likeness (QED) is 0.930. The van der Waals surface area contributed by atoms with Crippen LogP contribution < -0.4 is 0 Å². The van der Waals surface area contributed by atoms with Gasteiger partial charge in [0.25, 0.3) is 0 Å². The van der Waals surface area contributed by atoms with E-state index >= 15 is 0 Å². The Morgan fingerprint density at radius 1 is 1.48 bits per heavy atom. The van der Waals surface area contributed by atoms with Crippen molar-refractivity contribution in [2.45, 2.75) is 32.2 Å². The maximum Gasteiger partial charge on any atom is 0.331 e. The monoisotopic (exact) mass is 308 g/mol. The maximum absolute atomic E-state index is 12.7. The molecule has 114 valence electrons. The number of nitrogens with zero attached hydrogens (tertiary/aromatic N) is 2. The first-order valence-corrected chi connectivity index (χ1v) is 8.34. The average Bonchev–Trinajstić information content (AvgIpc) is 3.16. The predicted molar refractivity (Wildman–Crippen MR) is 80.5 cm³/mol. The highest BCUT2D eigenvalue weighted by atomic mass is 32.1. The van der Waals surface area contributed by atoms with Crippen molar-refractivity contribution in [1.29, 1.82) is 0 Å². The van der Waals surface area contributed by atoms with Crippen LogP contribution in [0, 0.1) is 5.92 Å². The molecule has 21 heavy (non-hydrogen) atoms. The van der Waals surface area contributed by atoms with E-state index in [2.05, 4.69) is 0 Å². The number of carboxylic acid groups (broad SMARTS) is 1. The second-order valence-electron chi connectivity index (χ2n) is 5.75. The van der Waals surface area contributed by atoms with Gasteiger partial charge in [0.15, 0.2) is 6.04 Å². The third kappa shape index (κ3) is 2.77. The molecule has 1 atom stereocenters. The number of urea groups is 1. The molecule has 5 nitrogen and oxygen atoms in total. The summed E-state index contributed by atoms with van der Waals surface area (Å²) in [6.07, 6.45) is 3.12. The zero-order chi connectivity index (χ0) is 15.0. The minimum atomic E-state index is -0.940. The molecular formula is C15H20N2O3S. The van der Waals surface area contributed by atoms with E-state index in [1.807, 2.05) is 18.4 Å². The van der Waals surface area contributed by atoms with Gasteiger partial charge in [-0.3, -0.25) is 0 Å². The molecule has 6 heteroatoms. The topological polar surface area (TPSA) is 60.9 Å². The number of hydrogen-bond acceptors (Lipinski definition) is 3. The number of aliphatic carboxylic acids is 1. The Balaban J connectivity index is 1.82. The van der Waals surface area contributed by atoms with Gasteiger partial charge in [0.1, 0.15) is 0 Å². The van der Waals surface area contributed by atoms with Crippen molar-refractivity contribution in [2.75, 3.05) is 19.6 Å². The fraction of sp³-hybridized carbons (Fsp3) is 0.600. The lowest BCUT2D eigenvalue weighted by molar-refractivity contribution is -0.143. The van der Waals surface area contributed by atoms with Crippen molar-refractivity contribution in [3.63, 3.8) is 0 Å². The Morgan fingerprint density at radius 2 is 2.24 bits per heavy atom. The first-order valence-electron chi connectivity index (χ1n) is 7.46. The van der Waals surface area contributed by atoms with Crippen LogP contribution in [-0.4, -0.2) is 46.5 Å². The molecule has 1 aliphatic heterocycles. The molecule has 0 saturated heterocycles. The number of carbonyl (C=O) groups excluding carboxylic acids is 1. The zero-order valence-electron chi connectivity index (χ0n) is 12.1. The summed E-state index contributed by atoms with van der Waals surface area (Å²) in [6, 6.07) is 0.879. The normalized spacial score (nSPS) is 21.0. The third-order valence-electron chi connectivity index (χ3n) is 4.27. The molecule has 0 aromatic carbocycles.